The van der Waals surface area contributed by atoms with Gasteiger partial charge in [-0.3, -0.25) is 4.79 Å². The molecule has 0 saturated carbocycles. The Hall–Kier alpha value is -1.51. The van der Waals surface area contributed by atoms with E-state index in [1.54, 1.807) is 12.0 Å². The van der Waals surface area contributed by atoms with Crippen molar-refractivity contribution in [3.05, 3.63) is 30.1 Å². The number of amides is 1. The van der Waals surface area contributed by atoms with E-state index in [9.17, 15) is 17.6 Å². The lowest BCUT2D eigenvalue weighted by atomic mass is 10.1. The molecule has 0 spiro atoms. The number of benzene rings is 1. The molecule has 2 fully saturated rings. The van der Waals surface area contributed by atoms with Crippen molar-refractivity contribution in [1.82, 2.24) is 9.21 Å². The normalized spacial score (nSPS) is 25.1. The van der Waals surface area contributed by atoms with Crippen LogP contribution in [-0.4, -0.2) is 62.4 Å². The van der Waals surface area contributed by atoms with Crippen LogP contribution in [0.15, 0.2) is 29.2 Å². The Morgan fingerprint density at radius 1 is 1.26 bits per heavy atom. The van der Waals surface area contributed by atoms with Crippen molar-refractivity contribution in [2.45, 2.75) is 29.8 Å². The van der Waals surface area contributed by atoms with Gasteiger partial charge in [-0.2, -0.15) is 4.31 Å². The van der Waals surface area contributed by atoms with Gasteiger partial charge in [-0.15, -0.1) is 0 Å². The number of methoxy groups -OCH3 is 1. The molecule has 126 valence electrons. The minimum atomic E-state index is -3.72. The zero-order chi connectivity index (χ0) is 16.6. The lowest BCUT2D eigenvalue weighted by Crippen LogP contribution is -2.40. The van der Waals surface area contributed by atoms with E-state index >= 15 is 0 Å². The number of fused-ring (bicyclic) bond motifs is 1. The van der Waals surface area contributed by atoms with Crippen LogP contribution in [-0.2, 0) is 19.6 Å². The van der Waals surface area contributed by atoms with E-state index in [4.69, 9.17) is 4.74 Å². The molecule has 0 bridgehead atoms. The molecule has 0 unspecified atom stereocenters. The molecule has 8 heteroatoms. The van der Waals surface area contributed by atoms with Gasteiger partial charge in [-0.25, -0.2) is 12.8 Å². The van der Waals surface area contributed by atoms with Gasteiger partial charge in [-0.05, 0) is 30.7 Å². The third-order valence-corrected chi connectivity index (χ3v) is 6.46. The van der Waals surface area contributed by atoms with E-state index in [1.165, 1.54) is 16.4 Å². The average Bonchev–Trinajstić information content (AvgIpc) is 3.04. The van der Waals surface area contributed by atoms with Gasteiger partial charge in [0.2, 0.25) is 15.9 Å². The fraction of sp³-hybridized carbons (Fsp3) is 0.533. The summed E-state index contributed by atoms with van der Waals surface area (Å²) >= 11 is 0. The molecule has 0 radical (unpaired) electrons. The van der Waals surface area contributed by atoms with Crippen LogP contribution >= 0.6 is 0 Å². The Balaban J connectivity index is 1.83. The van der Waals surface area contributed by atoms with Gasteiger partial charge in [-0.1, -0.05) is 0 Å². The molecule has 2 aliphatic heterocycles. The number of ether oxygens (including phenoxy) is 1. The molecule has 2 atom stereocenters. The summed E-state index contributed by atoms with van der Waals surface area (Å²) in [5.74, 6) is -0.527. The first-order valence-electron chi connectivity index (χ1n) is 7.51. The molecule has 1 aromatic carbocycles. The highest BCUT2D eigenvalue weighted by atomic mass is 32.2. The number of halogens is 1. The summed E-state index contributed by atoms with van der Waals surface area (Å²) in [7, 11) is -2.15. The fourth-order valence-corrected chi connectivity index (χ4v) is 5.08. The number of carbonyl (C=O) groups is 1. The molecule has 0 aromatic heterocycles. The first-order valence-corrected chi connectivity index (χ1v) is 8.95. The van der Waals surface area contributed by atoms with Crippen LogP contribution in [0.5, 0.6) is 0 Å². The molecule has 0 aliphatic carbocycles. The maximum absolute atomic E-state index is 13.0. The highest BCUT2D eigenvalue weighted by Crippen LogP contribution is 2.35. The largest absolute Gasteiger partial charge is 0.383 e. The second-order valence-corrected chi connectivity index (χ2v) is 7.67. The number of carbonyl (C=O) groups excluding carboxylic acids is 1. The first kappa shape index (κ1) is 16.4. The monoisotopic (exact) mass is 342 g/mol. The van der Waals surface area contributed by atoms with Crippen molar-refractivity contribution in [3.8, 4) is 0 Å². The lowest BCUT2D eigenvalue weighted by molar-refractivity contribution is -0.129. The Labute approximate surface area is 134 Å². The van der Waals surface area contributed by atoms with Crippen LogP contribution in [0, 0.1) is 5.82 Å². The third kappa shape index (κ3) is 2.86. The molecular weight excluding hydrogens is 323 g/mol. The Bertz CT molecular complexity index is 692. The zero-order valence-corrected chi connectivity index (χ0v) is 13.6. The van der Waals surface area contributed by atoms with Gasteiger partial charge in [0, 0.05) is 26.6 Å². The van der Waals surface area contributed by atoms with Crippen LogP contribution in [0.2, 0.25) is 0 Å². The fourth-order valence-electron chi connectivity index (χ4n) is 3.41. The summed E-state index contributed by atoms with van der Waals surface area (Å²) < 4.78 is 44.9. The summed E-state index contributed by atoms with van der Waals surface area (Å²) in [5, 5.41) is 0. The van der Waals surface area contributed by atoms with E-state index in [2.05, 4.69) is 0 Å². The van der Waals surface area contributed by atoms with Crippen LogP contribution in [0.1, 0.15) is 12.8 Å². The van der Waals surface area contributed by atoms with Crippen molar-refractivity contribution < 1.29 is 22.3 Å². The maximum atomic E-state index is 13.0. The number of hydrogen-bond donors (Lipinski definition) is 0. The molecule has 2 saturated heterocycles. The summed E-state index contributed by atoms with van der Waals surface area (Å²) in [6.45, 7) is 1.27. The summed E-state index contributed by atoms with van der Waals surface area (Å²) in [6, 6.07) is 4.33. The number of sulfonamides is 1. The predicted octanol–water partition coefficient (Wildman–Crippen LogP) is 0.836. The average molecular weight is 342 g/mol. The highest BCUT2D eigenvalue weighted by molar-refractivity contribution is 7.89. The summed E-state index contributed by atoms with van der Waals surface area (Å²) in [4.78, 5) is 13.9. The standard InChI is InChI=1S/C15H19FN2O4S/c1-22-9-8-17-13-6-7-18(14(13)10-15(17)19)23(20,21)12-4-2-11(16)3-5-12/h2-5,13-14H,6-10H2,1H3/t13-,14-/m1/s1. The van der Waals surface area contributed by atoms with Crippen molar-refractivity contribution in [2.75, 3.05) is 26.8 Å². The SMILES string of the molecule is COCCN1C(=O)C[C@@H]2[C@H]1CCN2S(=O)(=O)c1ccc(F)cc1. The van der Waals surface area contributed by atoms with Gasteiger partial charge in [0.1, 0.15) is 5.82 Å². The lowest BCUT2D eigenvalue weighted by Gasteiger charge is -2.25. The quantitative estimate of drug-likeness (QED) is 0.795. The highest BCUT2D eigenvalue weighted by Gasteiger charge is 2.50. The van der Waals surface area contributed by atoms with Gasteiger partial charge >= 0.3 is 0 Å². The van der Waals surface area contributed by atoms with Crippen molar-refractivity contribution in [2.24, 2.45) is 0 Å². The second-order valence-electron chi connectivity index (χ2n) is 5.78. The minimum Gasteiger partial charge on any atom is -0.383 e. The molecule has 3 rings (SSSR count). The second kappa shape index (κ2) is 6.18. The molecule has 6 nitrogen and oxygen atoms in total. The third-order valence-electron chi connectivity index (χ3n) is 4.52. The molecular formula is C15H19FN2O4S. The molecule has 2 aliphatic rings. The Morgan fingerprint density at radius 3 is 2.61 bits per heavy atom. The van der Waals surface area contributed by atoms with Crippen LogP contribution < -0.4 is 0 Å². The number of nitrogens with zero attached hydrogens (tertiary/aromatic N) is 2. The minimum absolute atomic E-state index is 0.0453. The van der Waals surface area contributed by atoms with Crippen LogP contribution in [0.3, 0.4) is 0 Å². The van der Waals surface area contributed by atoms with Crippen molar-refractivity contribution in [3.63, 3.8) is 0 Å². The smallest absolute Gasteiger partial charge is 0.243 e. The van der Waals surface area contributed by atoms with Crippen LogP contribution in [0.25, 0.3) is 0 Å². The topological polar surface area (TPSA) is 66.9 Å². The van der Waals surface area contributed by atoms with Gasteiger partial charge in [0.25, 0.3) is 0 Å². The number of hydrogen-bond acceptors (Lipinski definition) is 4. The predicted molar refractivity (Wildman–Crippen MR) is 80.7 cm³/mol. The zero-order valence-electron chi connectivity index (χ0n) is 12.8. The summed E-state index contributed by atoms with van der Waals surface area (Å²) in [6.07, 6.45) is 0.801. The molecule has 23 heavy (non-hydrogen) atoms. The van der Waals surface area contributed by atoms with E-state index in [0.29, 0.717) is 26.1 Å². The van der Waals surface area contributed by atoms with Gasteiger partial charge in [0.15, 0.2) is 0 Å². The Morgan fingerprint density at radius 2 is 1.96 bits per heavy atom. The van der Waals surface area contributed by atoms with E-state index in [-0.39, 0.29) is 29.3 Å². The molecule has 2 heterocycles. The number of rotatable bonds is 5. The summed E-state index contributed by atoms with van der Waals surface area (Å²) in [5.41, 5.74) is 0. The molecule has 0 N–H and O–H groups in total. The van der Waals surface area contributed by atoms with Gasteiger partial charge < -0.3 is 9.64 Å². The molecule has 1 aromatic rings. The first-order chi connectivity index (χ1) is 10.9. The van der Waals surface area contributed by atoms with E-state index in [1.807, 2.05) is 0 Å². The van der Waals surface area contributed by atoms with Crippen LogP contribution in [0.4, 0.5) is 4.39 Å². The van der Waals surface area contributed by atoms with Gasteiger partial charge in [0.05, 0.1) is 23.6 Å². The maximum Gasteiger partial charge on any atom is 0.243 e. The van der Waals surface area contributed by atoms with E-state index in [0.717, 1.165) is 12.1 Å². The van der Waals surface area contributed by atoms with Crippen molar-refractivity contribution in [1.29, 1.82) is 0 Å². The molecule has 1 amide bonds. The van der Waals surface area contributed by atoms with E-state index < -0.39 is 15.8 Å². The van der Waals surface area contributed by atoms with Crippen molar-refractivity contribution >= 4 is 15.9 Å². The number of likely N-dealkylation sites (tertiary alicyclic amines) is 1. The Kier molecular flexibility index (Phi) is 4.39.